The fourth-order valence-corrected chi connectivity index (χ4v) is 2.15. The zero-order valence-corrected chi connectivity index (χ0v) is 11.6. The summed E-state index contributed by atoms with van der Waals surface area (Å²) in [4.78, 5) is 6.73. The van der Waals surface area contributed by atoms with Gasteiger partial charge in [-0.05, 0) is 26.6 Å². The molecule has 16 heavy (non-hydrogen) atoms. The lowest BCUT2D eigenvalue weighted by atomic mass is 10.1. The number of aromatic nitrogens is 1. The van der Waals surface area contributed by atoms with Crippen molar-refractivity contribution in [2.75, 3.05) is 20.6 Å². The molecule has 0 aliphatic rings. The van der Waals surface area contributed by atoms with Crippen molar-refractivity contribution in [1.82, 2.24) is 15.2 Å². The van der Waals surface area contributed by atoms with Gasteiger partial charge in [0, 0.05) is 18.5 Å². The van der Waals surface area contributed by atoms with Gasteiger partial charge >= 0.3 is 0 Å². The summed E-state index contributed by atoms with van der Waals surface area (Å²) in [5, 5.41) is 6.80. The van der Waals surface area contributed by atoms with E-state index in [0.29, 0.717) is 0 Å². The highest BCUT2D eigenvalue weighted by Crippen LogP contribution is 2.10. The van der Waals surface area contributed by atoms with Crippen LogP contribution in [0.15, 0.2) is 5.38 Å². The monoisotopic (exact) mass is 241 g/mol. The maximum absolute atomic E-state index is 4.59. The Labute approximate surface area is 103 Å². The highest BCUT2D eigenvalue weighted by Gasteiger charge is 2.03. The van der Waals surface area contributed by atoms with Crippen molar-refractivity contribution in [3.63, 3.8) is 0 Å². The maximum atomic E-state index is 4.59. The number of rotatable bonds is 7. The van der Waals surface area contributed by atoms with Gasteiger partial charge in [-0.1, -0.05) is 20.3 Å². The zero-order chi connectivity index (χ0) is 12.0. The third kappa shape index (κ3) is 5.05. The molecule has 0 aliphatic heterocycles. The van der Waals surface area contributed by atoms with E-state index < -0.39 is 0 Å². The summed E-state index contributed by atoms with van der Waals surface area (Å²) >= 11 is 1.75. The minimum absolute atomic E-state index is 0.751. The molecule has 1 aromatic rings. The van der Waals surface area contributed by atoms with Gasteiger partial charge in [0.1, 0.15) is 5.01 Å². The van der Waals surface area contributed by atoms with Crippen LogP contribution in [0, 0.1) is 5.92 Å². The lowest BCUT2D eigenvalue weighted by Crippen LogP contribution is -2.20. The van der Waals surface area contributed by atoms with E-state index in [1.807, 2.05) is 0 Å². The number of hydrogen-bond acceptors (Lipinski definition) is 4. The molecule has 0 radical (unpaired) electrons. The van der Waals surface area contributed by atoms with Crippen LogP contribution in [0.1, 0.15) is 31.0 Å². The molecule has 0 saturated heterocycles. The molecular formula is C12H23N3S. The molecule has 1 heterocycles. The van der Waals surface area contributed by atoms with E-state index in [9.17, 15) is 0 Å². The summed E-state index contributed by atoms with van der Waals surface area (Å²) in [5.41, 5.74) is 1.18. The van der Waals surface area contributed by atoms with Gasteiger partial charge in [-0.2, -0.15) is 0 Å². The molecule has 0 aromatic carbocycles. The van der Waals surface area contributed by atoms with Gasteiger partial charge in [0.05, 0.1) is 5.69 Å². The lowest BCUT2D eigenvalue weighted by Gasteiger charge is -2.08. The SMILES string of the molecule is CCC(C)CNCc1nc(CN(C)C)cs1. The van der Waals surface area contributed by atoms with Crippen LogP contribution in [0.3, 0.4) is 0 Å². The van der Waals surface area contributed by atoms with Crippen molar-refractivity contribution in [1.29, 1.82) is 0 Å². The summed E-state index contributed by atoms with van der Waals surface area (Å²) in [6, 6.07) is 0. The van der Waals surface area contributed by atoms with Gasteiger partial charge in [0.25, 0.3) is 0 Å². The van der Waals surface area contributed by atoms with Crippen LogP contribution in [-0.4, -0.2) is 30.5 Å². The Morgan fingerprint density at radius 2 is 2.25 bits per heavy atom. The second kappa shape index (κ2) is 6.99. The Morgan fingerprint density at radius 1 is 1.50 bits per heavy atom. The molecule has 1 unspecified atom stereocenters. The molecule has 0 aliphatic carbocycles. The molecule has 0 bridgehead atoms. The summed E-state index contributed by atoms with van der Waals surface area (Å²) in [5.74, 6) is 0.751. The summed E-state index contributed by atoms with van der Waals surface area (Å²) in [6.45, 7) is 7.42. The molecule has 3 nitrogen and oxygen atoms in total. The predicted octanol–water partition coefficient (Wildman–Crippen LogP) is 2.34. The summed E-state index contributed by atoms with van der Waals surface area (Å²) in [7, 11) is 4.14. The predicted molar refractivity (Wildman–Crippen MR) is 70.7 cm³/mol. The number of nitrogens with one attached hydrogen (secondary N) is 1. The van der Waals surface area contributed by atoms with E-state index in [2.05, 4.69) is 48.5 Å². The Kier molecular flexibility index (Phi) is 5.95. The minimum atomic E-state index is 0.751. The van der Waals surface area contributed by atoms with Gasteiger partial charge < -0.3 is 10.2 Å². The molecule has 4 heteroatoms. The summed E-state index contributed by atoms with van der Waals surface area (Å²) < 4.78 is 0. The Bertz CT molecular complexity index is 296. The van der Waals surface area contributed by atoms with Crippen LogP contribution in [-0.2, 0) is 13.1 Å². The smallest absolute Gasteiger partial charge is 0.107 e. The highest BCUT2D eigenvalue weighted by atomic mass is 32.1. The van der Waals surface area contributed by atoms with Gasteiger partial charge in [-0.3, -0.25) is 0 Å². The molecule has 0 saturated carbocycles. The second-order valence-electron chi connectivity index (χ2n) is 4.61. The van der Waals surface area contributed by atoms with Crippen molar-refractivity contribution in [3.8, 4) is 0 Å². The molecule has 1 aromatic heterocycles. The van der Waals surface area contributed by atoms with Gasteiger partial charge in [0.15, 0.2) is 0 Å². The highest BCUT2D eigenvalue weighted by molar-refractivity contribution is 7.09. The zero-order valence-electron chi connectivity index (χ0n) is 10.8. The Hall–Kier alpha value is -0.450. The van der Waals surface area contributed by atoms with Gasteiger partial charge in [-0.25, -0.2) is 4.98 Å². The second-order valence-corrected chi connectivity index (χ2v) is 5.56. The first-order valence-corrected chi connectivity index (χ1v) is 6.78. The normalized spacial score (nSPS) is 13.3. The molecule has 92 valence electrons. The third-order valence-corrected chi connectivity index (χ3v) is 3.44. The molecule has 0 amide bonds. The van der Waals surface area contributed by atoms with E-state index in [1.54, 1.807) is 11.3 Å². The van der Waals surface area contributed by atoms with Crippen LogP contribution < -0.4 is 5.32 Å². The van der Waals surface area contributed by atoms with E-state index in [0.717, 1.165) is 25.6 Å². The lowest BCUT2D eigenvalue weighted by molar-refractivity contribution is 0.397. The fourth-order valence-electron chi connectivity index (χ4n) is 1.40. The van der Waals surface area contributed by atoms with E-state index >= 15 is 0 Å². The Balaban J connectivity index is 2.29. The topological polar surface area (TPSA) is 28.2 Å². The average molecular weight is 241 g/mol. The molecule has 0 spiro atoms. The van der Waals surface area contributed by atoms with Gasteiger partial charge in [-0.15, -0.1) is 11.3 Å². The van der Waals surface area contributed by atoms with E-state index in [1.165, 1.54) is 17.1 Å². The van der Waals surface area contributed by atoms with E-state index in [-0.39, 0.29) is 0 Å². The van der Waals surface area contributed by atoms with Crippen molar-refractivity contribution in [2.45, 2.75) is 33.4 Å². The van der Waals surface area contributed by atoms with Crippen molar-refractivity contribution < 1.29 is 0 Å². The van der Waals surface area contributed by atoms with Crippen LogP contribution in [0.25, 0.3) is 0 Å². The molecular weight excluding hydrogens is 218 g/mol. The first-order chi connectivity index (χ1) is 7.61. The first-order valence-electron chi connectivity index (χ1n) is 5.90. The third-order valence-electron chi connectivity index (χ3n) is 2.54. The van der Waals surface area contributed by atoms with Crippen LogP contribution in [0.4, 0.5) is 0 Å². The fraction of sp³-hybridized carbons (Fsp3) is 0.750. The van der Waals surface area contributed by atoms with Crippen LogP contribution in [0.5, 0.6) is 0 Å². The molecule has 1 atom stereocenters. The van der Waals surface area contributed by atoms with Crippen LogP contribution >= 0.6 is 11.3 Å². The van der Waals surface area contributed by atoms with Gasteiger partial charge in [0.2, 0.25) is 0 Å². The molecule has 1 rings (SSSR count). The first kappa shape index (κ1) is 13.6. The number of hydrogen-bond donors (Lipinski definition) is 1. The maximum Gasteiger partial charge on any atom is 0.107 e. The molecule has 0 fully saturated rings. The number of thiazole rings is 1. The van der Waals surface area contributed by atoms with Crippen molar-refractivity contribution in [3.05, 3.63) is 16.1 Å². The van der Waals surface area contributed by atoms with E-state index in [4.69, 9.17) is 0 Å². The van der Waals surface area contributed by atoms with Crippen molar-refractivity contribution in [2.24, 2.45) is 5.92 Å². The summed E-state index contributed by atoms with van der Waals surface area (Å²) in [6.07, 6.45) is 1.23. The Morgan fingerprint density at radius 3 is 2.88 bits per heavy atom. The average Bonchev–Trinajstić information content (AvgIpc) is 2.64. The quantitative estimate of drug-likeness (QED) is 0.794. The largest absolute Gasteiger partial charge is 0.310 e. The van der Waals surface area contributed by atoms with Crippen LogP contribution in [0.2, 0.25) is 0 Å². The standard InChI is InChI=1S/C12H23N3S/c1-5-10(2)6-13-7-12-14-11(9-16-12)8-15(3)4/h9-10,13H,5-8H2,1-4H3. The van der Waals surface area contributed by atoms with Crippen molar-refractivity contribution >= 4 is 11.3 Å². The molecule has 1 N–H and O–H groups in total. The number of nitrogens with zero attached hydrogens (tertiary/aromatic N) is 2. The minimum Gasteiger partial charge on any atom is -0.310 e.